The first kappa shape index (κ1) is 25.6. The Bertz CT molecular complexity index is 1290. The highest BCUT2D eigenvalue weighted by Gasteiger charge is 2.32. The van der Waals surface area contributed by atoms with E-state index in [1.165, 1.54) is 17.3 Å². The molecule has 0 aromatic heterocycles. The van der Waals surface area contributed by atoms with Crippen LogP contribution >= 0.6 is 47.2 Å². The molecule has 3 aromatic rings. The van der Waals surface area contributed by atoms with Crippen LogP contribution in [0.2, 0.25) is 10.0 Å². The summed E-state index contributed by atoms with van der Waals surface area (Å²) in [5.41, 5.74) is 3.85. The molecule has 0 unspecified atom stereocenters. The molecule has 1 fully saturated rings. The largest absolute Gasteiger partial charge is 0.490 e. The maximum Gasteiger partial charge on any atom is 0.266 e. The maximum atomic E-state index is 13.1. The van der Waals surface area contributed by atoms with E-state index in [9.17, 15) is 4.79 Å². The molecule has 0 aliphatic carbocycles. The standard InChI is InChI=1S/C27H23Cl2NO3S2/c1-3-32-24-12-19(8-11-23(24)33-16-20-9-10-21(28)14-22(20)29)13-25-26(31)30(27(34)35-25)15-18-6-4-17(2)5-7-18/h4-14H,3,15-16H2,1-2H3. The molecule has 0 atom stereocenters. The molecule has 1 aliphatic rings. The molecule has 4 nitrogen and oxygen atoms in total. The van der Waals surface area contributed by atoms with Crippen molar-refractivity contribution in [3.05, 3.63) is 97.9 Å². The summed E-state index contributed by atoms with van der Waals surface area (Å²) >= 11 is 19.0. The molecule has 0 N–H and O–H groups in total. The monoisotopic (exact) mass is 543 g/mol. The Labute approximate surface area is 224 Å². The summed E-state index contributed by atoms with van der Waals surface area (Å²) in [6.45, 7) is 5.13. The van der Waals surface area contributed by atoms with Crippen molar-refractivity contribution in [3.8, 4) is 11.5 Å². The number of carbonyl (C=O) groups excluding carboxylic acids is 1. The van der Waals surface area contributed by atoms with Gasteiger partial charge < -0.3 is 9.47 Å². The number of nitrogens with zero attached hydrogens (tertiary/aromatic N) is 1. The first-order chi connectivity index (χ1) is 16.8. The van der Waals surface area contributed by atoms with Crippen LogP contribution in [0.3, 0.4) is 0 Å². The molecule has 0 bridgehead atoms. The Kier molecular flexibility index (Phi) is 8.39. The van der Waals surface area contributed by atoms with E-state index in [0.717, 1.165) is 16.7 Å². The number of halogens is 2. The number of aryl methyl sites for hydroxylation is 1. The summed E-state index contributed by atoms with van der Waals surface area (Å²) < 4.78 is 12.3. The fourth-order valence-corrected chi connectivity index (χ4v) is 5.18. The van der Waals surface area contributed by atoms with E-state index in [-0.39, 0.29) is 12.5 Å². The first-order valence-electron chi connectivity index (χ1n) is 11.0. The number of hydrogen-bond donors (Lipinski definition) is 0. The zero-order valence-electron chi connectivity index (χ0n) is 19.2. The van der Waals surface area contributed by atoms with Gasteiger partial charge >= 0.3 is 0 Å². The van der Waals surface area contributed by atoms with Crippen LogP contribution < -0.4 is 9.47 Å². The van der Waals surface area contributed by atoms with Gasteiger partial charge in [0.1, 0.15) is 10.9 Å². The van der Waals surface area contributed by atoms with E-state index < -0.39 is 0 Å². The molecule has 4 rings (SSSR count). The van der Waals surface area contributed by atoms with Crippen LogP contribution in [0.15, 0.2) is 65.6 Å². The van der Waals surface area contributed by atoms with E-state index in [1.54, 1.807) is 17.0 Å². The number of thiocarbonyl (C=S) groups is 1. The average molecular weight is 545 g/mol. The van der Waals surface area contributed by atoms with E-state index in [4.69, 9.17) is 44.9 Å². The number of carbonyl (C=O) groups is 1. The van der Waals surface area contributed by atoms with Gasteiger partial charge in [0, 0.05) is 15.6 Å². The molecule has 1 amide bonds. The minimum atomic E-state index is -0.101. The van der Waals surface area contributed by atoms with Gasteiger partial charge in [-0.3, -0.25) is 9.69 Å². The molecular formula is C27H23Cl2NO3S2. The lowest BCUT2D eigenvalue weighted by molar-refractivity contribution is -0.122. The third-order valence-electron chi connectivity index (χ3n) is 5.30. The van der Waals surface area contributed by atoms with Crippen LogP contribution in [0.1, 0.15) is 29.2 Å². The van der Waals surface area contributed by atoms with Crippen LogP contribution in [0.4, 0.5) is 0 Å². The highest BCUT2D eigenvalue weighted by molar-refractivity contribution is 8.26. The van der Waals surface area contributed by atoms with E-state index >= 15 is 0 Å². The third-order valence-corrected chi connectivity index (χ3v) is 7.26. The average Bonchev–Trinajstić information content (AvgIpc) is 3.08. The molecule has 1 aliphatic heterocycles. The van der Waals surface area contributed by atoms with Gasteiger partial charge in [-0.1, -0.05) is 89.1 Å². The van der Waals surface area contributed by atoms with E-state index in [1.807, 2.05) is 68.5 Å². The number of hydrogen-bond acceptors (Lipinski definition) is 5. The first-order valence-corrected chi connectivity index (χ1v) is 13.0. The van der Waals surface area contributed by atoms with Crippen molar-refractivity contribution < 1.29 is 14.3 Å². The molecule has 180 valence electrons. The van der Waals surface area contributed by atoms with Crippen LogP contribution in [0.25, 0.3) is 6.08 Å². The fourth-order valence-electron chi connectivity index (χ4n) is 3.46. The molecule has 0 radical (unpaired) electrons. The zero-order valence-corrected chi connectivity index (χ0v) is 22.4. The molecule has 0 saturated carbocycles. The number of benzene rings is 3. The lowest BCUT2D eigenvalue weighted by atomic mass is 10.1. The third kappa shape index (κ3) is 6.39. The van der Waals surface area contributed by atoms with Crippen molar-refractivity contribution in [2.75, 3.05) is 6.61 Å². The Morgan fingerprint density at radius 2 is 1.77 bits per heavy atom. The Morgan fingerprint density at radius 1 is 1.00 bits per heavy atom. The summed E-state index contributed by atoms with van der Waals surface area (Å²) in [5, 5.41) is 1.11. The van der Waals surface area contributed by atoms with Crippen molar-refractivity contribution in [3.63, 3.8) is 0 Å². The topological polar surface area (TPSA) is 38.8 Å². The lowest BCUT2D eigenvalue weighted by Gasteiger charge is -2.14. The summed E-state index contributed by atoms with van der Waals surface area (Å²) in [7, 11) is 0. The molecule has 3 aromatic carbocycles. The van der Waals surface area contributed by atoms with Gasteiger partial charge in [0.05, 0.1) is 18.1 Å². The molecule has 8 heteroatoms. The van der Waals surface area contributed by atoms with Crippen molar-refractivity contribution in [2.24, 2.45) is 0 Å². The molecular weight excluding hydrogens is 521 g/mol. The Hall–Kier alpha value is -2.51. The number of ether oxygens (including phenoxy) is 2. The molecule has 1 heterocycles. The normalized spacial score (nSPS) is 14.6. The SMILES string of the molecule is CCOc1cc(C=C2SC(=S)N(Cc3ccc(C)cc3)C2=O)ccc1OCc1ccc(Cl)cc1Cl. The van der Waals surface area contributed by atoms with E-state index in [0.29, 0.717) is 43.9 Å². The van der Waals surface area contributed by atoms with Gasteiger partial charge in [-0.15, -0.1) is 0 Å². The van der Waals surface area contributed by atoms with Crippen molar-refractivity contribution in [1.29, 1.82) is 0 Å². The Morgan fingerprint density at radius 3 is 2.49 bits per heavy atom. The quantitative estimate of drug-likeness (QED) is 0.215. The minimum Gasteiger partial charge on any atom is -0.490 e. The number of rotatable bonds is 8. The molecule has 1 saturated heterocycles. The van der Waals surface area contributed by atoms with Gasteiger partial charge in [-0.25, -0.2) is 0 Å². The molecule has 0 spiro atoms. The summed E-state index contributed by atoms with van der Waals surface area (Å²) in [6, 6.07) is 18.9. The van der Waals surface area contributed by atoms with Crippen LogP contribution in [-0.2, 0) is 17.9 Å². The van der Waals surface area contributed by atoms with Gasteiger partial charge in [0.15, 0.2) is 11.5 Å². The fraction of sp³-hybridized carbons (Fsp3) is 0.185. The Balaban J connectivity index is 1.50. The van der Waals surface area contributed by atoms with Crippen molar-refractivity contribution in [2.45, 2.75) is 27.0 Å². The van der Waals surface area contributed by atoms with Crippen molar-refractivity contribution >= 4 is 63.5 Å². The summed E-state index contributed by atoms with van der Waals surface area (Å²) in [6.07, 6.45) is 1.83. The number of amides is 1. The smallest absolute Gasteiger partial charge is 0.266 e. The predicted octanol–water partition coefficient (Wildman–Crippen LogP) is 7.68. The lowest BCUT2D eigenvalue weighted by Crippen LogP contribution is -2.27. The van der Waals surface area contributed by atoms with Crippen molar-refractivity contribution in [1.82, 2.24) is 4.90 Å². The summed E-state index contributed by atoms with van der Waals surface area (Å²) in [5.74, 6) is 1.07. The van der Waals surface area contributed by atoms with Gasteiger partial charge in [0.2, 0.25) is 0 Å². The minimum absolute atomic E-state index is 0.101. The maximum absolute atomic E-state index is 13.1. The predicted molar refractivity (Wildman–Crippen MR) is 148 cm³/mol. The van der Waals surface area contributed by atoms with Crippen LogP contribution in [-0.4, -0.2) is 21.7 Å². The highest BCUT2D eigenvalue weighted by atomic mass is 35.5. The highest BCUT2D eigenvalue weighted by Crippen LogP contribution is 2.36. The van der Waals surface area contributed by atoms with Crippen LogP contribution in [0.5, 0.6) is 11.5 Å². The number of thioether (sulfide) groups is 1. The summed E-state index contributed by atoms with van der Waals surface area (Å²) in [4.78, 5) is 15.3. The molecule has 35 heavy (non-hydrogen) atoms. The second-order valence-corrected chi connectivity index (χ2v) is 10.4. The second-order valence-electron chi connectivity index (χ2n) is 7.92. The zero-order chi connectivity index (χ0) is 24.9. The van der Waals surface area contributed by atoms with Gasteiger partial charge in [0.25, 0.3) is 5.91 Å². The van der Waals surface area contributed by atoms with E-state index in [2.05, 4.69) is 0 Å². The van der Waals surface area contributed by atoms with Gasteiger partial charge in [-0.2, -0.15) is 0 Å². The van der Waals surface area contributed by atoms with Gasteiger partial charge in [-0.05, 0) is 55.3 Å². The second kappa shape index (κ2) is 11.5. The van der Waals surface area contributed by atoms with Crippen LogP contribution in [0, 0.1) is 6.92 Å².